The van der Waals surface area contributed by atoms with Crippen LogP contribution in [0.25, 0.3) is 0 Å². The molecule has 5 nitrogen and oxygen atoms in total. The first-order chi connectivity index (χ1) is 9.51. The van der Waals surface area contributed by atoms with Gasteiger partial charge in [0, 0.05) is 5.02 Å². The predicted molar refractivity (Wildman–Crippen MR) is 73.0 cm³/mol. The summed E-state index contributed by atoms with van der Waals surface area (Å²) >= 11 is 5.80. The van der Waals surface area contributed by atoms with Crippen molar-refractivity contribution in [2.75, 3.05) is 11.9 Å². The Kier molecular flexibility index (Phi) is 4.26. The van der Waals surface area contributed by atoms with Gasteiger partial charge in [-0.05, 0) is 30.5 Å². The third kappa shape index (κ3) is 3.49. The molecule has 1 aromatic rings. The van der Waals surface area contributed by atoms with Crippen molar-refractivity contribution in [2.45, 2.75) is 13.3 Å². The van der Waals surface area contributed by atoms with Crippen LogP contribution in [0.4, 0.5) is 5.69 Å². The van der Waals surface area contributed by atoms with E-state index < -0.39 is 5.91 Å². The molecule has 1 aliphatic rings. The molecule has 2 atom stereocenters. The summed E-state index contributed by atoms with van der Waals surface area (Å²) in [5.74, 6) is -0.586. The van der Waals surface area contributed by atoms with Crippen LogP contribution in [0.15, 0.2) is 18.2 Å². The fourth-order valence-electron chi connectivity index (χ4n) is 1.80. The summed E-state index contributed by atoms with van der Waals surface area (Å²) in [6.45, 7) is 1.59. The molecule has 0 aromatic heterocycles. The Bertz CT molecular complexity index is 595. The van der Waals surface area contributed by atoms with Crippen molar-refractivity contribution >= 4 is 29.2 Å². The number of nitriles is 1. The number of carbonyl (C=O) groups is 2. The van der Waals surface area contributed by atoms with Gasteiger partial charge in [-0.2, -0.15) is 5.26 Å². The second-order valence-corrected chi connectivity index (χ2v) is 5.21. The molecule has 1 fully saturated rings. The summed E-state index contributed by atoms with van der Waals surface area (Å²) in [5.41, 5.74) is 0.603. The molecule has 0 bridgehead atoms. The standard InChI is InChI=1S/C14H13ClN2O3/c1-8-4-11(8)14(19)20-7-13(18)17-12-5-10(15)3-2-9(12)6-16/h2-3,5,8,11H,4,7H2,1H3,(H,17,18). The summed E-state index contributed by atoms with van der Waals surface area (Å²) < 4.78 is 4.91. The SMILES string of the molecule is CC1CC1C(=O)OCC(=O)Nc1cc(Cl)ccc1C#N. The quantitative estimate of drug-likeness (QED) is 0.864. The van der Waals surface area contributed by atoms with Crippen molar-refractivity contribution in [2.24, 2.45) is 11.8 Å². The van der Waals surface area contributed by atoms with Crippen molar-refractivity contribution in [3.8, 4) is 6.07 Å². The molecular weight excluding hydrogens is 280 g/mol. The smallest absolute Gasteiger partial charge is 0.309 e. The predicted octanol–water partition coefficient (Wildman–Crippen LogP) is 2.35. The zero-order valence-electron chi connectivity index (χ0n) is 10.9. The van der Waals surface area contributed by atoms with Gasteiger partial charge in [0.05, 0.1) is 17.2 Å². The Labute approximate surface area is 121 Å². The zero-order chi connectivity index (χ0) is 14.7. The van der Waals surface area contributed by atoms with Crippen LogP contribution in [0, 0.1) is 23.2 Å². The molecule has 0 spiro atoms. The first-order valence-corrected chi connectivity index (χ1v) is 6.55. The molecule has 6 heteroatoms. The normalized spacial score (nSPS) is 19.9. The van der Waals surface area contributed by atoms with Crippen LogP contribution in [0.5, 0.6) is 0 Å². The van der Waals surface area contributed by atoms with Gasteiger partial charge in [0.2, 0.25) is 0 Å². The van der Waals surface area contributed by atoms with E-state index in [1.807, 2.05) is 13.0 Å². The highest BCUT2D eigenvalue weighted by molar-refractivity contribution is 6.31. The average Bonchev–Trinajstić information content (AvgIpc) is 3.13. The lowest BCUT2D eigenvalue weighted by Crippen LogP contribution is -2.22. The highest BCUT2D eigenvalue weighted by Gasteiger charge is 2.40. The van der Waals surface area contributed by atoms with Gasteiger partial charge >= 0.3 is 5.97 Å². The third-order valence-electron chi connectivity index (χ3n) is 3.13. The fourth-order valence-corrected chi connectivity index (χ4v) is 1.97. The van der Waals surface area contributed by atoms with Crippen LogP contribution < -0.4 is 5.32 Å². The number of hydrogen-bond acceptors (Lipinski definition) is 4. The van der Waals surface area contributed by atoms with Gasteiger partial charge in [-0.1, -0.05) is 18.5 Å². The molecule has 1 aromatic carbocycles. The molecule has 2 unspecified atom stereocenters. The number of rotatable bonds is 4. The Morgan fingerprint density at radius 1 is 1.55 bits per heavy atom. The van der Waals surface area contributed by atoms with Gasteiger partial charge in [-0.15, -0.1) is 0 Å². The Morgan fingerprint density at radius 3 is 2.85 bits per heavy atom. The molecule has 1 saturated carbocycles. The number of nitrogens with one attached hydrogen (secondary N) is 1. The van der Waals surface area contributed by atoms with E-state index >= 15 is 0 Å². The number of anilines is 1. The number of nitrogens with zero attached hydrogens (tertiary/aromatic N) is 1. The molecular formula is C14H13ClN2O3. The lowest BCUT2D eigenvalue weighted by atomic mass is 10.2. The molecule has 1 amide bonds. The van der Waals surface area contributed by atoms with Gasteiger partial charge in [0.25, 0.3) is 5.91 Å². The number of hydrogen-bond donors (Lipinski definition) is 1. The first-order valence-electron chi connectivity index (χ1n) is 6.17. The van der Waals surface area contributed by atoms with Crippen LogP contribution >= 0.6 is 11.6 Å². The van der Waals surface area contributed by atoms with Crippen molar-refractivity contribution in [1.29, 1.82) is 5.26 Å². The van der Waals surface area contributed by atoms with E-state index in [2.05, 4.69) is 5.32 Å². The van der Waals surface area contributed by atoms with Gasteiger partial charge in [0.15, 0.2) is 6.61 Å². The molecule has 0 heterocycles. The molecule has 1 N–H and O–H groups in total. The Balaban J connectivity index is 1.90. The monoisotopic (exact) mass is 292 g/mol. The van der Waals surface area contributed by atoms with Crippen molar-refractivity contribution in [3.63, 3.8) is 0 Å². The van der Waals surface area contributed by atoms with Crippen molar-refractivity contribution in [3.05, 3.63) is 28.8 Å². The molecule has 0 radical (unpaired) electrons. The fraction of sp³-hybridized carbons (Fsp3) is 0.357. The molecule has 20 heavy (non-hydrogen) atoms. The Hall–Kier alpha value is -2.06. The van der Waals surface area contributed by atoms with Crippen LogP contribution in [0.1, 0.15) is 18.9 Å². The highest BCUT2D eigenvalue weighted by Crippen LogP contribution is 2.38. The van der Waals surface area contributed by atoms with Crippen LogP contribution in [0.2, 0.25) is 5.02 Å². The maximum absolute atomic E-state index is 11.7. The van der Waals surface area contributed by atoms with E-state index in [1.54, 1.807) is 6.07 Å². The highest BCUT2D eigenvalue weighted by atomic mass is 35.5. The van der Waals surface area contributed by atoms with E-state index in [1.165, 1.54) is 12.1 Å². The number of carbonyl (C=O) groups excluding carboxylic acids is 2. The molecule has 0 saturated heterocycles. The Morgan fingerprint density at radius 2 is 2.25 bits per heavy atom. The molecule has 0 aliphatic heterocycles. The summed E-state index contributed by atoms with van der Waals surface area (Å²) in [6.07, 6.45) is 0.813. The number of amides is 1. The zero-order valence-corrected chi connectivity index (χ0v) is 11.6. The van der Waals surface area contributed by atoms with E-state index in [9.17, 15) is 9.59 Å². The minimum Gasteiger partial charge on any atom is -0.455 e. The van der Waals surface area contributed by atoms with E-state index in [0.29, 0.717) is 22.2 Å². The van der Waals surface area contributed by atoms with Gasteiger partial charge in [-0.3, -0.25) is 9.59 Å². The summed E-state index contributed by atoms with van der Waals surface area (Å²) in [5, 5.41) is 11.8. The number of esters is 1. The molecule has 2 rings (SSSR count). The van der Waals surface area contributed by atoms with E-state index in [-0.39, 0.29) is 18.5 Å². The molecule has 1 aliphatic carbocycles. The number of halogens is 1. The van der Waals surface area contributed by atoms with E-state index in [0.717, 1.165) is 6.42 Å². The maximum Gasteiger partial charge on any atom is 0.309 e. The minimum atomic E-state index is -0.495. The van der Waals surface area contributed by atoms with Crippen LogP contribution in [-0.2, 0) is 14.3 Å². The van der Waals surface area contributed by atoms with Crippen LogP contribution in [0.3, 0.4) is 0 Å². The lowest BCUT2D eigenvalue weighted by Gasteiger charge is -2.08. The second-order valence-electron chi connectivity index (χ2n) is 4.78. The summed E-state index contributed by atoms with van der Waals surface area (Å²) in [6, 6.07) is 6.49. The molecule has 104 valence electrons. The average molecular weight is 293 g/mol. The first kappa shape index (κ1) is 14.4. The number of ether oxygens (including phenoxy) is 1. The van der Waals surface area contributed by atoms with Gasteiger partial charge < -0.3 is 10.1 Å². The number of benzene rings is 1. The lowest BCUT2D eigenvalue weighted by molar-refractivity contribution is -0.148. The van der Waals surface area contributed by atoms with Crippen molar-refractivity contribution in [1.82, 2.24) is 0 Å². The van der Waals surface area contributed by atoms with E-state index in [4.69, 9.17) is 21.6 Å². The largest absolute Gasteiger partial charge is 0.455 e. The van der Waals surface area contributed by atoms with Crippen molar-refractivity contribution < 1.29 is 14.3 Å². The minimum absolute atomic E-state index is 0.0800. The maximum atomic E-state index is 11.7. The summed E-state index contributed by atoms with van der Waals surface area (Å²) in [4.78, 5) is 23.2. The third-order valence-corrected chi connectivity index (χ3v) is 3.37. The van der Waals surface area contributed by atoms with Crippen LogP contribution in [-0.4, -0.2) is 18.5 Å². The summed E-state index contributed by atoms with van der Waals surface area (Å²) in [7, 11) is 0. The van der Waals surface area contributed by atoms with Gasteiger partial charge in [-0.25, -0.2) is 0 Å². The van der Waals surface area contributed by atoms with Gasteiger partial charge in [0.1, 0.15) is 6.07 Å². The second kappa shape index (κ2) is 5.93. The topological polar surface area (TPSA) is 79.2 Å².